The Kier molecular flexibility index (Phi) is 8.03. The van der Waals surface area contributed by atoms with Gasteiger partial charge >= 0.3 is 5.97 Å². The number of rotatable bonds is 9. The smallest absolute Gasteiger partial charge is 0.311 e. The molecule has 0 unspecified atom stereocenters. The first-order chi connectivity index (χ1) is 13.9. The normalized spacial score (nSPS) is 12.6. The SMILES string of the molecule is COc1cc(NC(C)=O)c(OC)c([C@H](OC)[C@@H](C)C(=O)OCc2ccccc2)c1. The molecule has 0 heterocycles. The quantitative estimate of drug-likeness (QED) is 0.645. The summed E-state index contributed by atoms with van der Waals surface area (Å²) in [7, 11) is 4.51. The molecule has 0 saturated carbocycles. The van der Waals surface area contributed by atoms with Crippen molar-refractivity contribution in [2.24, 2.45) is 5.92 Å². The largest absolute Gasteiger partial charge is 0.497 e. The Morgan fingerprint density at radius 3 is 2.28 bits per heavy atom. The van der Waals surface area contributed by atoms with Crippen LogP contribution >= 0.6 is 0 Å². The highest BCUT2D eigenvalue weighted by atomic mass is 16.5. The van der Waals surface area contributed by atoms with Gasteiger partial charge in [-0.3, -0.25) is 9.59 Å². The van der Waals surface area contributed by atoms with E-state index >= 15 is 0 Å². The van der Waals surface area contributed by atoms with E-state index in [1.807, 2.05) is 30.3 Å². The zero-order valence-corrected chi connectivity index (χ0v) is 17.4. The van der Waals surface area contributed by atoms with Crippen LogP contribution in [0.1, 0.15) is 31.1 Å². The van der Waals surface area contributed by atoms with Crippen LogP contribution in [0.2, 0.25) is 0 Å². The summed E-state index contributed by atoms with van der Waals surface area (Å²) in [6.07, 6.45) is -0.671. The molecule has 2 aromatic rings. The van der Waals surface area contributed by atoms with Gasteiger partial charge in [-0.15, -0.1) is 0 Å². The number of benzene rings is 2. The van der Waals surface area contributed by atoms with Gasteiger partial charge in [0.15, 0.2) is 0 Å². The molecule has 7 nitrogen and oxygen atoms in total. The number of amides is 1. The van der Waals surface area contributed by atoms with E-state index in [0.717, 1.165) is 5.56 Å². The number of anilines is 1. The first kappa shape index (κ1) is 22.2. The summed E-state index contributed by atoms with van der Waals surface area (Å²) < 4.78 is 21.9. The molecular weight excluding hydrogens is 374 g/mol. The number of hydrogen-bond acceptors (Lipinski definition) is 6. The highest BCUT2D eigenvalue weighted by Gasteiger charge is 2.31. The second-order valence-electron chi connectivity index (χ2n) is 6.52. The number of hydrogen-bond donors (Lipinski definition) is 1. The topological polar surface area (TPSA) is 83.1 Å². The van der Waals surface area contributed by atoms with Crippen LogP contribution in [0.3, 0.4) is 0 Å². The summed E-state index contributed by atoms with van der Waals surface area (Å²) in [5.74, 6) is -0.402. The maximum atomic E-state index is 12.7. The van der Waals surface area contributed by atoms with Gasteiger partial charge in [0.05, 0.1) is 31.9 Å². The minimum Gasteiger partial charge on any atom is -0.497 e. The number of esters is 1. The van der Waals surface area contributed by atoms with Crippen LogP contribution in [0.4, 0.5) is 5.69 Å². The van der Waals surface area contributed by atoms with E-state index in [2.05, 4.69) is 5.32 Å². The molecule has 0 bridgehead atoms. The highest BCUT2D eigenvalue weighted by Crippen LogP contribution is 2.41. The molecule has 29 heavy (non-hydrogen) atoms. The number of nitrogens with one attached hydrogen (secondary N) is 1. The van der Waals surface area contributed by atoms with Gasteiger partial charge in [0.1, 0.15) is 18.1 Å². The lowest BCUT2D eigenvalue weighted by atomic mass is 9.95. The number of methoxy groups -OCH3 is 3. The van der Waals surface area contributed by atoms with Crippen LogP contribution in [-0.2, 0) is 25.7 Å². The molecule has 0 radical (unpaired) electrons. The average molecular weight is 401 g/mol. The maximum Gasteiger partial charge on any atom is 0.311 e. The summed E-state index contributed by atoms with van der Waals surface area (Å²) in [6, 6.07) is 12.8. The average Bonchev–Trinajstić information content (AvgIpc) is 2.72. The standard InChI is InChI=1S/C22H27NO6/c1-14(22(25)29-13-16-9-7-6-8-10-16)20(27-4)18-11-17(26-3)12-19(21(18)28-5)23-15(2)24/h6-12,14,20H,13H2,1-5H3,(H,23,24)/t14-,20-/m1/s1. The number of carbonyl (C=O) groups is 2. The predicted octanol–water partition coefficient (Wildman–Crippen LogP) is 3.73. The fourth-order valence-electron chi connectivity index (χ4n) is 3.05. The molecule has 1 N–H and O–H groups in total. The molecule has 0 aromatic heterocycles. The van der Waals surface area contributed by atoms with Crippen molar-refractivity contribution < 1.29 is 28.5 Å². The summed E-state index contributed by atoms with van der Waals surface area (Å²) in [4.78, 5) is 24.2. The lowest BCUT2D eigenvalue weighted by molar-refractivity contribution is -0.154. The van der Waals surface area contributed by atoms with Crippen LogP contribution in [0.5, 0.6) is 11.5 Å². The number of carbonyl (C=O) groups excluding carboxylic acids is 2. The Balaban J connectivity index is 2.30. The molecule has 2 aromatic carbocycles. The van der Waals surface area contributed by atoms with Gasteiger partial charge in [0.2, 0.25) is 5.91 Å². The first-order valence-corrected chi connectivity index (χ1v) is 9.18. The third kappa shape index (κ3) is 5.71. The molecule has 0 aliphatic rings. The van der Waals surface area contributed by atoms with Crippen LogP contribution < -0.4 is 14.8 Å². The van der Waals surface area contributed by atoms with Crippen molar-refractivity contribution in [3.05, 3.63) is 53.6 Å². The molecule has 0 spiro atoms. The molecular formula is C22H27NO6. The van der Waals surface area contributed by atoms with Crippen LogP contribution in [0.25, 0.3) is 0 Å². The van der Waals surface area contributed by atoms with Gasteiger partial charge in [-0.25, -0.2) is 0 Å². The third-order valence-corrected chi connectivity index (χ3v) is 4.45. The second kappa shape index (κ2) is 10.5. The van der Waals surface area contributed by atoms with Crippen molar-refractivity contribution in [2.45, 2.75) is 26.6 Å². The first-order valence-electron chi connectivity index (χ1n) is 9.18. The van der Waals surface area contributed by atoms with Gasteiger partial charge < -0.3 is 24.3 Å². The van der Waals surface area contributed by atoms with Gasteiger partial charge in [-0.2, -0.15) is 0 Å². The Morgan fingerprint density at radius 1 is 1.03 bits per heavy atom. The fraction of sp³-hybridized carbons (Fsp3) is 0.364. The molecule has 2 atom stereocenters. The molecule has 0 saturated heterocycles. The van der Waals surface area contributed by atoms with Crippen molar-refractivity contribution in [3.63, 3.8) is 0 Å². The van der Waals surface area contributed by atoms with Gasteiger partial charge in [0.25, 0.3) is 0 Å². The molecule has 0 aliphatic heterocycles. The summed E-state index contributed by atoms with van der Waals surface area (Å²) >= 11 is 0. The summed E-state index contributed by atoms with van der Waals surface area (Å²) in [5, 5.41) is 2.72. The Labute approximate surface area is 170 Å². The van der Waals surface area contributed by atoms with Crippen molar-refractivity contribution in [3.8, 4) is 11.5 Å². The van der Waals surface area contributed by atoms with Crippen molar-refractivity contribution >= 4 is 17.6 Å². The van der Waals surface area contributed by atoms with Crippen LogP contribution in [0.15, 0.2) is 42.5 Å². The van der Waals surface area contributed by atoms with Gasteiger partial charge in [-0.05, 0) is 18.6 Å². The van der Waals surface area contributed by atoms with Gasteiger partial charge in [0, 0.05) is 25.7 Å². The minimum absolute atomic E-state index is 0.173. The van der Waals surface area contributed by atoms with E-state index < -0.39 is 18.0 Å². The Morgan fingerprint density at radius 2 is 1.72 bits per heavy atom. The van der Waals surface area contributed by atoms with E-state index in [0.29, 0.717) is 22.7 Å². The van der Waals surface area contributed by atoms with E-state index in [4.69, 9.17) is 18.9 Å². The Hall–Kier alpha value is -3.06. The third-order valence-electron chi connectivity index (χ3n) is 4.45. The monoisotopic (exact) mass is 401 g/mol. The summed E-state index contributed by atoms with van der Waals surface area (Å²) in [6.45, 7) is 3.29. The van der Waals surface area contributed by atoms with E-state index in [1.165, 1.54) is 28.3 Å². The van der Waals surface area contributed by atoms with E-state index in [-0.39, 0.29) is 12.5 Å². The van der Waals surface area contributed by atoms with Crippen molar-refractivity contribution in [2.75, 3.05) is 26.6 Å². The minimum atomic E-state index is -0.671. The fourth-order valence-corrected chi connectivity index (χ4v) is 3.05. The lowest BCUT2D eigenvalue weighted by Crippen LogP contribution is -2.24. The zero-order chi connectivity index (χ0) is 21.4. The molecule has 156 valence electrons. The number of ether oxygens (including phenoxy) is 4. The summed E-state index contributed by atoms with van der Waals surface area (Å²) in [5.41, 5.74) is 1.90. The van der Waals surface area contributed by atoms with Crippen molar-refractivity contribution in [1.29, 1.82) is 0 Å². The van der Waals surface area contributed by atoms with Crippen LogP contribution in [-0.4, -0.2) is 33.2 Å². The molecule has 0 aliphatic carbocycles. The zero-order valence-electron chi connectivity index (χ0n) is 17.4. The van der Waals surface area contributed by atoms with Crippen molar-refractivity contribution in [1.82, 2.24) is 0 Å². The molecule has 7 heteroatoms. The van der Waals surface area contributed by atoms with Gasteiger partial charge in [-0.1, -0.05) is 30.3 Å². The molecule has 1 amide bonds. The van der Waals surface area contributed by atoms with E-state index in [9.17, 15) is 9.59 Å². The molecule has 0 fully saturated rings. The maximum absolute atomic E-state index is 12.7. The van der Waals surface area contributed by atoms with Crippen LogP contribution in [0, 0.1) is 5.92 Å². The highest BCUT2D eigenvalue weighted by molar-refractivity contribution is 5.91. The Bertz CT molecular complexity index is 837. The lowest BCUT2D eigenvalue weighted by Gasteiger charge is -2.25. The second-order valence-corrected chi connectivity index (χ2v) is 6.52. The predicted molar refractivity (Wildman–Crippen MR) is 109 cm³/mol. The molecule has 2 rings (SSSR count). The van der Waals surface area contributed by atoms with E-state index in [1.54, 1.807) is 19.1 Å².